The van der Waals surface area contributed by atoms with Gasteiger partial charge < -0.3 is 4.74 Å². The summed E-state index contributed by atoms with van der Waals surface area (Å²) in [7, 11) is 0. The Balaban J connectivity index is 2.43. The first-order valence-corrected chi connectivity index (χ1v) is 4.75. The minimum Gasteiger partial charge on any atom is -0.376 e. The molecule has 1 heteroatoms. The Kier molecular flexibility index (Phi) is 2.94. The number of hydrogen-bond donors (Lipinski definition) is 0. The van der Waals surface area contributed by atoms with Gasteiger partial charge in [0, 0.05) is 0 Å². The van der Waals surface area contributed by atoms with Gasteiger partial charge >= 0.3 is 0 Å². The van der Waals surface area contributed by atoms with Crippen LogP contribution < -0.4 is 0 Å². The average Bonchev–Trinajstić information content (AvgIpc) is 1.85. The van der Waals surface area contributed by atoms with E-state index in [1.165, 1.54) is 12.8 Å². The second-order valence-corrected chi connectivity index (χ2v) is 4.23. The Morgan fingerprint density at radius 2 is 1.55 bits per heavy atom. The van der Waals surface area contributed by atoms with Crippen molar-refractivity contribution >= 4 is 0 Å². The molecule has 1 aliphatic rings. The second-order valence-electron chi connectivity index (χ2n) is 4.23. The van der Waals surface area contributed by atoms with E-state index in [-0.39, 0.29) is 0 Å². The van der Waals surface area contributed by atoms with Crippen LogP contribution in [0.2, 0.25) is 0 Å². The van der Waals surface area contributed by atoms with E-state index in [2.05, 4.69) is 27.7 Å². The topological polar surface area (TPSA) is 9.23 Å². The van der Waals surface area contributed by atoms with Gasteiger partial charge in [-0.2, -0.15) is 0 Å². The zero-order chi connectivity index (χ0) is 8.43. The quantitative estimate of drug-likeness (QED) is 0.567. The molecule has 0 amide bonds. The molecule has 0 aliphatic carbocycles. The highest BCUT2D eigenvalue weighted by Gasteiger charge is 2.25. The minimum atomic E-state index is 0.478. The highest BCUT2D eigenvalue weighted by Crippen LogP contribution is 2.29. The largest absolute Gasteiger partial charge is 0.376 e. The fourth-order valence-electron chi connectivity index (χ4n) is 2.00. The molecule has 0 radical (unpaired) electrons. The lowest BCUT2D eigenvalue weighted by Gasteiger charge is -2.34. The first-order chi connectivity index (χ1) is 5.09. The molecule has 11 heavy (non-hydrogen) atoms. The summed E-state index contributed by atoms with van der Waals surface area (Å²) in [6, 6.07) is 0. The van der Waals surface area contributed by atoms with Gasteiger partial charge in [0.05, 0.1) is 12.2 Å². The lowest BCUT2D eigenvalue weighted by molar-refractivity contribution is -0.0605. The van der Waals surface area contributed by atoms with Crippen molar-refractivity contribution in [1.82, 2.24) is 0 Å². The molecule has 2 unspecified atom stereocenters. The van der Waals surface area contributed by atoms with Crippen molar-refractivity contribution < 1.29 is 4.74 Å². The van der Waals surface area contributed by atoms with Crippen molar-refractivity contribution in [3.63, 3.8) is 0 Å². The van der Waals surface area contributed by atoms with Crippen LogP contribution in [-0.4, -0.2) is 12.2 Å². The van der Waals surface area contributed by atoms with Gasteiger partial charge in [-0.3, -0.25) is 0 Å². The Bertz CT molecular complexity index is 110. The van der Waals surface area contributed by atoms with Gasteiger partial charge in [-0.05, 0) is 38.5 Å². The van der Waals surface area contributed by atoms with E-state index in [1.54, 1.807) is 0 Å². The van der Waals surface area contributed by atoms with Gasteiger partial charge in [0.15, 0.2) is 0 Å². The average molecular weight is 156 g/mol. The van der Waals surface area contributed by atoms with Crippen molar-refractivity contribution in [1.29, 1.82) is 0 Å². The van der Waals surface area contributed by atoms with Crippen molar-refractivity contribution in [2.45, 2.75) is 52.7 Å². The van der Waals surface area contributed by atoms with Gasteiger partial charge in [-0.25, -0.2) is 0 Å². The highest BCUT2D eigenvalue weighted by molar-refractivity contribution is 4.75. The van der Waals surface area contributed by atoms with Gasteiger partial charge in [0.1, 0.15) is 0 Å². The number of ether oxygens (including phenoxy) is 1. The summed E-state index contributed by atoms with van der Waals surface area (Å²) in [6.07, 6.45) is 3.46. The normalized spacial score (nSPS) is 39.5. The van der Waals surface area contributed by atoms with E-state index in [0.29, 0.717) is 12.2 Å². The minimum absolute atomic E-state index is 0.478. The van der Waals surface area contributed by atoms with Crippen LogP contribution in [0.4, 0.5) is 0 Å². The van der Waals surface area contributed by atoms with Crippen molar-refractivity contribution in [2.75, 3.05) is 0 Å². The molecule has 0 aromatic heterocycles. The van der Waals surface area contributed by atoms with Crippen LogP contribution >= 0.6 is 0 Å². The highest BCUT2D eigenvalue weighted by atomic mass is 16.5. The maximum atomic E-state index is 5.67. The molecule has 0 aromatic carbocycles. The molecule has 0 aromatic rings. The lowest BCUT2D eigenvalue weighted by atomic mass is 9.84. The standard InChI is InChI=1S/C10H20O/c1-7(2)10-5-8(3)11-9(4)6-10/h7-10H,5-6H2,1-4H3/t8-,9?,10?/m1/s1. The van der Waals surface area contributed by atoms with E-state index in [1.807, 2.05) is 0 Å². The van der Waals surface area contributed by atoms with Crippen LogP contribution in [0.5, 0.6) is 0 Å². The van der Waals surface area contributed by atoms with Crippen LogP contribution in [0.1, 0.15) is 40.5 Å². The lowest BCUT2D eigenvalue weighted by Crippen LogP contribution is -2.31. The van der Waals surface area contributed by atoms with E-state index in [4.69, 9.17) is 4.74 Å². The SMILES string of the molecule is CC1CC(C(C)C)C[C@@H](C)O1. The van der Waals surface area contributed by atoms with Gasteiger partial charge in [0.25, 0.3) is 0 Å². The summed E-state index contributed by atoms with van der Waals surface area (Å²) in [6.45, 7) is 9.00. The molecule has 1 fully saturated rings. The summed E-state index contributed by atoms with van der Waals surface area (Å²) in [5.41, 5.74) is 0. The Morgan fingerprint density at radius 3 is 1.91 bits per heavy atom. The first kappa shape index (κ1) is 9.05. The molecule has 0 bridgehead atoms. The molecule has 1 nitrogen and oxygen atoms in total. The zero-order valence-electron chi connectivity index (χ0n) is 8.13. The summed E-state index contributed by atoms with van der Waals surface area (Å²) in [5, 5.41) is 0. The van der Waals surface area contributed by atoms with Crippen molar-refractivity contribution in [3.05, 3.63) is 0 Å². The first-order valence-electron chi connectivity index (χ1n) is 4.75. The summed E-state index contributed by atoms with van der Waals surface area (Å²) in [5.74, 6) is 1.71. The van der Waals surface area contributed by atoms with Gasteiger partial charge in [-0.1, -0.05) is 13.8 Å². The fraction of sp³-hybridized carbons (Fsp3) is 1.00. The van der Waals surface area contributed by atoms with Crippen LogP contribution in [0.15, 0.2) is 0 Å². The number of hydrogen-bond acceptors (Lipinski definition) is 1. The van der Waals surface area contributed by atoms with Crippen LogP contribution in [0.25, 0.3) is 0 Å². The fourth-order valence-corrected chi connectivity index (χ4v) is 2.00. The summed E-state index contributed by atoms with van der Waals surface area (Å²) < 4.78 is 5.67. The predicted molar refractivity (Wildman–Crippen MR) is 47.6 cm³/mol. The molecular weight excluding hydrogens is 136 g/mol. The Labute approximate surface area is 70.1 Å². The third kappa shape index (κ3) is 2.48. The molecule has 66 valence electrons. The van der Waals surface area contributed by atoms with Gasteiger partial charge in [-0.15, -0.1) is 0 Å². The van der Waals surface area contributed by atoms with Crippen molar-refractivity contribution in [3.8, 4) is 0 Å². The second kappa shape index (κ2) is 3.57. The molecule has 0 spiro atoms. The third-order valence-electron chi connectivity index (χ3n) is 2.68. The molecule has 1 aliphatic heterocycles. The van der Waals surface area contributed by atoms with E-state index in [0.717, 1.165) is 11.8 Å². The zero-order valence-corrected chi connectivity index (χ0v) is 8.13. The monoisotopic (exact) mass is 156 g/mol. The third-order valence-corrected chi connectivity index (χ3v) is 2.68. The maximum Gasteiger partial charge on any atom is 0.0553 e. The Morgan fingerprint density at radius 1 is 1.09 bits per heavy atom. The summed E-state index contributed by atoms with van der Waals surface area (Å²) in [4.78, 5) is 0. The van der Waals surface area contributed by atoms with Crippen LogP contribution in [0.3, 0.4) is 0 Å². The predicted octanol–water partition coefficient (Wildman–Crippen LogP) is 2.85. The molecule has 0 N–H and O–H groups in total. The van der Waals surface area contributed by atoms with E-state index < -0.39 is 0 Å². The van der Waals surface area contributed by atoms with Gasteiger partial charge in [0.2, 0.25) is 0 Å². The van der Waals surface area contributed by atoms with Crippen LogP contribution in [0, 0.1) is 11.8 Å². The smallest absolute Gasteiger partial charge is 0.0553 e. The summed E-state index contributed by atoms with van der Waals surface area (Å²) >= 11 is 0. The molecule has 1 rings (SSSR count). The molecule has 3 atom stereocenters. The van der Waals surface area contributed by atoms with E-state index in [9.17, 15) is 0 Å². The molecule has 1 saturated heterocycles. The van der Waals surface area contributed by atoms with Crippen LogP contribution in [-0.2, 0) is 4.74 Å². The molecule has 0 saturated carbocycles. The van der Waals surface area contributed by atoms with E-state index >= 15 is 0 Å². The maximum absolute atomic E-state index is 5.67. The molecule has 1 heterocycles. The molecular formula is C10H20O. The Hall–Kier alpha value is -0.0400. The number of rotatable bonds is 1. The van der Waals surface area contributed by atoms with Crippen molar-refractivity contribution in [2.24, 2.45) is 11.8 Å².